The number of nitrogens with one attached hydrogen (secondary N) is 2. The Labute approximate surface area is 282 Å². The van der Waals surface area contributed by atoms with E-state index in [1.807, 2.05) is 60.7 Å². The average Bonchev–Trinajstić information content (AvgIpc) is 3.08. The van der Waals surface area contributed by atoms with Gasteiger partial charge in [-0.05, 0) is 59.4 Å². The van der Waals surface area contributed by atoms with Crippen LogP contribution in [-0.2, 0) is 21.4 Å². The number of carbonyl (C=O) groups is 3. The number of carboxylic acids is 1. The Morgan fingerprint density at radius 2 is 1.50 bits per heavy atom. The Morgan fingerprint density at radius 3 is 2.10 bits per heavy atom. The lowest BCUT2D eigenvalue weighted by Crippen LogP contribution is -2.49. The van der Waals surface area contributed by atoms with Crippen molar-refractivity contribution in [3.05, 3.63) is 95.7 Å². The number of nitrogens with zero attached hydrogens (tertiary/aromatic N) is 3. The van der Waals surface area contributed by atoms with Gasteiger partial charge in [0, 0.05) is 23.1 Å². The van der Waals surface area contributed by atoms with E-state index < -0.39 is 30.4 Å². The molecule has 10 heteroatoms. The standard InChI is InChI=1S/C38H45N5O5/c1-5-6-7-8-9-22-48-31-20-16-27(17-21-31)33-24-39-35(43-42-33)28-12-10-26(11-13-28)23-32(37(47)40-25-34(44)45)41-36(46)29-14-18-30(19-15-29)38(2,3)4/h10-21,24,32H,5-9,22-23,25H2,1-4H3,(H,40,47)(H,41,46)(H,44,45)/t32-/m0/s1. The van der Waals surface area contributed by atoms with Crippen molar-refractivity contribution in [1.82, 2.24) is 25.8 Å². The number of hydrogen-bond donors (Lipinski definition) is 3. The summed E-state index contributed by atoms with van der Waals surface area (Å²) in [6.07, 6.45) is 7.78. The first-order chi connectivity index (χ1) is 23.0. The molecule has 0 aliphatic carbocycles. The van der Waals surface area contributed by atoms with Gasteiger partial charge in [-0.1, -0.05) is 89.8 Å². The van der Waals surface area contributed by atoms with Crippen LogP contribution in [0.4, 0.5) is 0 Å². The molecule has 48 heavy (non-hydrogen) atoms. The highest BCUT2D eigenvalue weighted by Gasteiger charge is 2.23. The molecule has 0 fully saturated rings. The smallest absolute Gasteiger partial charge is 0.322 e. The molecule has 0 saturated carbocycles. The molecule has 10 nitrogen and oxygen atoms in total. The zero-order valence-electron chi connectivity index (χ0n) is 28.2. The highest BCUT2D eigenvalue weighted by Crippen LogP contribution is 2.23. The SMILES string of the molecule is CCCCCCCOc1ccc(-c2cnc(-c3ccc(C[C@H](NC(=O)c4ccc(C(C)(C)C)cc4)C(=O)NCC(=O)O)cc3)nn2)cc1. The van der Waals surface area contributed by atoms with Crippen LogP contribution in [0.5, 0.6) is 5.75 Å². The van der Waals surface area contributed by atoms with Crippen molar-refractivity contribution in [2.24, 2.45) is 0 Å². The highest BCUT2D eigenvalue weighted by molar-refractivity contribution is 5.98. The van der Waals surface area contributed by atoms with Gasteiger partial charge in [0.15, 0.2) is 5.82 Å². The largest absolute Gasteiger partial charge is 0.494 e. The molecule has 0 unspecified atom stereocenters. The van der Waals surface area contributed by atoms with Crippen LogP contribution < -0.4 is 15.4 Å². The molecule has 252 valence electrons. The third-order valence-corrected chi connectivity index (χ3v) is 7.93. The summed E-state index contributed by atoms with van der Waals surface area (Å²) in [5.74, 6) is -0.933. The number of amides is 2. The Kier molecular flexibility index (Phi) is 12.8. The number of carboxylic acid groups (broad SMARTS) is 1. The monoisotopic (exact) mass is 651 g/mol. The Morgan fingerprint density at radius 1 is 0.833 bits per heavy atom. The van der Waals surface area contributed by atoms with E-state index in [1.165, 1.54) is 25.7 Å². The molecule has 0 aliphatic heterocycles. The molecule has 1 heterocycles. The number of carbonyl (C=O) groups excluding carboxylic acids is 2. The third kappa shape index (κ3) is 10.7. The molecule has 0 spiro atoms. The van der Waals surface area contributed by atoms with Crippen LogP contribution in [0.1, 0.15) is 81.3 Å². The molecule has 2 amide bonds. The lowest BCUT2D eigenvalue weighted by atomic mass is 9.86. The van der Waals surface area contributed by atoms with E-state index in [2.05, 4.69) is 53.5 Å². The van der Waals surface area contributed by atoms with E-state index in [1.54, 1.807) is 18.3 Å². The fourth-order valence-electron chi connectivity index (χ4n) is 5.04. The summed E-state index contributed by atoms with van der Waals surface area (Å²) in [5, 5.41) is 22.9. The lowest BCUT2D eigenvalue weighted by molar-refractivity contribution is -0.138. The van der Waals surface area contributed by atoms with Crippen molar-refractivity contribution in [2.75, 3.05) is 13.2 Å². The summed E-state index contributed by atoms with van der Waals surface area (Å²) in [5.41, 5.74) is 4.41. The number of hydrogen-bond acceptors (Lipinski definition) is 7. The van der Waals surface area contributed by atoms with Crippen molar-refractivity contribution in [3.8, 4) is 28.4 Å². The topological polar surface area (TPSA) is 143 Å². The van der Waals surface area contributed by atoms with Crippen LogP contribution in [0.2, 0.25) is 0 Å². The average molecular weight is 652 g/mol. The van der Waals surface area contributed by atoms with Gasteiger partial charge in [-0.2, -0.15) is 0 Å². The summed E-state index contributed by atoms with van der Waals surface area (Å²) in [6.45, 7) is 8.61. The molecule has 1 atom stereocenters. The van der Waals surface area contributed by atoms with E-state index in [-0.39, 0.29) is 11.8 Å². The van der Waals surface area contributed by atoms with E-state index in [0.29, 0.717) is 23.7 Å². The van der Waals surface area contributed by atoms with Crippen LogP contribution in [0.25, 0.3) is 22.6 Å². The van der Waals surface area contributed by atoms with Crippen molar-refractivity contribution in [2.45, 2.75) is 77.7 Å². The van der Waals surface area contributed by atoms with Crippen LogP contribution in [0.15, 0.2) is 79.0 Å². The van der Waals surface area contributed by atoms with E-state index in [9.17, 15) is 14.4 Å². The minimum Gasteiger partial charge on any atom is -0.494 e. The maximum absolute atomic E-state index is 13.1. The number of ether oxygens (including phenoxy) is 1. The first-order valence-corrected chi connectivity index (χ1v) is 16.5. The fourth-order valence-corrected chi connectivity index (χ4v) is 5.04. The van der Waals surface area contributed by atoms with Gasteiger partial charge in [0.2, 0.25) is 5.91 Å². The van der Waals surface area contributed by atoms with Gasteiger partial charge >= 0.3 is 5.97 Å². The van der Waals surface area contributed by atoms with Crippen LogP contribution in [-0.4, -0.2) is 57.3 Å². The van der Waals surface area contributed by atoms with Gasteiger partial charge in [-0.3, -0.25) is 14.4 Å². The Balaban J connectivity index is 1.38. The molecule has 3 aromatic carbocycles. The van der Waals surface area contributed by atoms with Gasteiger partial charge in [0.1, 0.15) is 24.0 Å². The highest BCUT2D eigenvalue weighted by atomic mass is 16.5. The molecule has 0 saturated heterocycles. The maximum Gasteiger partial charge on any atom is 0.322 e. The second kappa shape index (κ2) is 17.2. The van der Waals surface area contributed by atoms with Gasteiger partial charge < -0.3 is 20.5 Å². The quantitative estimate of drug-likeness (QED) is 0.118. The summed E-state index contributed by atoms with van der Waals surface area (Å²) in [4.78, 5) is 41.6. The minimum atomic E-state index is -1.18. The van der Waals surface area contributed by atoms with Crippen LogP contribution in [0, 0.1) is 0 Å². The van der Waals surface area contributed by atoms with Crippen molar-refractivity contribution >= 4 is 17.8 Å². The van der Waals surface area contributed by atoms with E-state index in [4.69, 9.17) is 9.84 Å². The zero-order chi connectivity index (χ0) is 34.5. The summed E-state index contributed by atoms with van der Waals surface area (Å²) >= 11 is 0. The summed E-state index contributed by atoms with van der Waals surface area (Å²) in [6, 6.07) is 21.2. The third-order valence-electron chi connectivity index (χ3n) is 7.93. The number of aliphatic carboxylic acids is 1. The molecular formula is C38H45N5O5. The molecular weight excluding hydrogens is 606 g/mol. The predicted octanol–water partition coefficient (Wildman–Crippen LogP) is 6.39. The van der Waals surface area contributed by atoms with Gasteiger partial charge in [-0.15, -0.1) is 10.2 Å². The number of rotatable bonds is 16. The second-order valence-electron chi connectivity index (χ2n) is 12.8. The normalized spacial score (nSPS) is 11.8. The predicted molar refractivity (Wildman–Crippen MR) is 186 cm³/mol. The van der Waals surface area contributed by atoms with Crippen molar-refractivity contribution in [1.29, 1.82) is 0 Å². The van der Waals surface area contributed by atoms with E-state index in [0.717, 1.165) is 34.4 Å². The molecule has 4 rings (SSSR count). The van der Waals surface area contributed by atoms with Crippen molar-refractivity contribution < 1.29 is 24.2 Å². The molecule has 0 bridgehead atoms. The first-order valence-electron chi connectivity index (χ1n) is 16.5. The van der Waals surface area contributed by atoms with Crippen molar-refractivity contribution in [3.63, 3.8) is 0 Å². The Hall–Kier alpha value is -5.12. The number of aromatic nitrogens is 3. The number of benzene rings is 3. The Bertz CT molecular complexity index is 1630. The van der Waals surface area contributed by atoms with Gasteiger partial charge in [0.25, 0.3) is 5.91 Å². The zero-order valence-corrected chi connectivity index (χ0v) is 28.2. The van der Waals surface area contributed by atoms with Gasteiger partial charge in [0.05, 0.1) is 12.8 Å². The molecule has 1 aromatic heterocycles. The second-order valence-corrected chi connectivity index (χ2v) is 12.8. The fraction of sp³-hybridized carbons (Fsp3) is 0.368. The van der Waals surface area contributed by atoms with Crippen LogP contribution >= 0.6 is 0 Å². The maximum atomic E-state index is 13.1. The molecule has 3 N–H and O–H groups in total. The summed E-state index contributed by atoms with van der Waals surface area (Å²) in [7, 11) is 0. The summed E-state index contributed by atoms with van der Waals surface area (Å²) < 4.78 is 5.86. The van der Waals surface area contributed by atoms with Gasteiger partial charge in [-0.25, -0.2) is 4.98 Å². The van der Waals surface area contributed by atoms with Crippen LogP contribution in [0.3, 0.4) is 0 Å². The van der Waals surface area contributed by atoms with E-state index >= 15 is 0 Å². The molecule has 4 aromatic rings. The first kappa shape index (κ1) is 35.7. The molecule has 0 aliphatic rings. The minimum absolute atomic E-state index is 0.0712. The number of unbranched alkanes of at least 4 members (excludes halogenated alkanes) is 4. The lowest BCUT2D eigenvalue weighted by Gasteiger charge is -2.20. The molecule has 0 radical (unpaired) electrons.